The van der Waals surface area contributed by atoms with Gasteiger partial charge in [-0.3, -0.25) is 4.79 Å². The van der Waals surface area contributed by atoms with Crippen LogP contribution < -0.4 is 5.32 Å². The van der Waals surface area contributed by atoms with Crippen LogP contribution in [0.25, 0.3) is 0 Å². The van der Waals surface area contributed by atoms with Gasteiger partial charge >= 0.3 is 0 Å². The summed E-state index contributed by atoms with van der Waals surface area (Å²) >= 11 is 0. The molecule has 0 amide bonds. The van der Waals surface area contributed by atoms with E-state index in [0.29, 0.717) is 6.54 Å². The zero-order valence-electron chi connectivity index (χ0n) is 9.15. The standard InChI is InChI=1S/C12H19NO/c1-4-9(2)11-6-5-7-12(11)13-8-10(3)14/h13H,2,4-8H2,1,3H3. The minimum atomic E-state index is 0.186. The number of ketones is 1. The van der Waals surface area contributed by atoms with Gasteiger partial charge < -0.3 is 5.32 Å². The molecule has 1 aliphatic rings. The number of hydrogen-bond acceptors (Lipinski definition) is 2. The maximum atomic E-state index is 10.8. The Hall–Kier alpha value is -1.05. The molecule has 0 heterocycles. The first-order chi connectivity index (χ1) is 6.65. The van der Waals surface area contributed by atoms with Crippen molar-refractivity contribution in [1.82, 2.24) is 5.32 Å². The number of carbonyl (C=O) groups excluding carboxylic acids is 1. The van der Waals surface area contributed by atoms with E-state index in [9.17, 15) is 4.79 Å². The van der Waals surface area contributed by atoms with Gasteiger partial charge in [0.1, 0.15) is 5.78 Å². The Labute approximate surface area is 86.1 Å². The van der Waals surface area contributed by atoms with Crippen LogP contribution in [0.5, 0.6) is 0 Å². The molecule has 2 heteroatoms. The molecule has 0 saturated heterocycles. The van der Waals surface area contributed by atoms with Crippen molar-refractivity contribution in [1.29, 1.82) is 0 Å². The van der Waals surface area contributed by atoms with E-state index in [0.717, 1.165) is 19.3 Å². The molecule has 0 aromatic rings. The summed E-state index contributed by atoms with van der Waals surface area (Å²) in [6.07, 6.45) is 4.38. The van der Waals surface area contributed by atoms with Crippen LogP contribution in [0.1, 0.15) is 39.5 Å². The Kier molecular flexibility index (Phi) is 3.93. The van der Waals surface area contributed by atoms with Crippen molar-refractivity contribution in [3.63, 3.8) is 0 Å². The van der Waals surface area contributed by atoms with Crippen LogP contribution in [0, 0.1) is 0 Å². The first kappa shape index (κ1) is 11.0. The molecular formula is C12H19NO. The first-order valence-electron chi connectivity index (χ1n) is 5.28. The fourth-order valence-corrected chi connectivity index (χ4v) is 1.77. The molecule has 0 spiro atoms. The maximum absolute atomic E-state index is 10.8. The van der Waals surface area contributed by atoms with Gasteiger partial charge in [0.2, 0.25) is 0 Å². The van der Waals surface area contributed by atoms with E-state index >= 15 is 0 Å². The average Bonchev–Trinajstić information content (AvgIpc) is 2.61. The molecule has 1 aliphatic carbocycles. The number of rotatable bonds is 5. The van der Waals surface area contributed by atoms with Gasteiger partial charge in [-0.15, -0.1) is 0 Å². The molecule has 0 unspecified atom stereocenters. The highest BCUT2D eigenvalue weighted by atomic mass is 16.1. The van der Waals surface area contributed by atoms with E-state index in [2.05, 4.69) is 18.8 Å². The average molecular weight is 193 g/mol. The Morgan fingerprint density at radius 3 is 2.79 bits per heavy atom. The number of carbonyl (C=O) groups is 1. The van der Waals surface area contributed by atoms with Gasteiger partial charge in [0.15, 0.2) is 0 Å². The second-order valence-corrected chi connectivity index (χ2v) is 3.82. The second kappa shape index (κ2) is 4.99. The third kappa shape index (κ3) is 2.72. The third-order valence-electron chi connectivity index (χ3n) is 2.62. The van der Waals surface area contributed by atoms with E-state index in [1.54, 1.807) is 6.92 Å². The Balaban J connectivity index is 2.63. The van der Waals surface area contributed by atoms with Gasteiger partial charge in [-0.1, -0.05) is 19.1 Å². The zero-order chi connectivity index (χ0) is 10.6. The monoisotopic (exact) mass is 193 g/mol. The molecule has 0 aromatic carbocycles. The molecule has 2 nitrogen and oxygen atoms in total. The minimum absolute atomic E-state index is 0.186. The minimum Gasteiger partial charge on any atom is -0.381 e. The topological polar surface area (TPSA) is 29.1 Å². The quantitative estimate of drug-likeness (QED) is 0.727. The predicted molar refractivity (Wildman–Crippen MR) is 59.0 cm³/mol. The van der Waals surface area contributed by atoms with Gasteiger partial charge in [0.05, 0.1) is 6.54 Å². The highest BCUT2D eigenvalue weighted by molar-refractivity contribution is 5.77. The van der Waals surface area contributed by atoms with Crippen LogP contribution in [-0.2, 0) is 4.79 Å². The van der Waals surface area contributed by atoms with Crippen molar-refractivity contribution in [2.24, 2.45) is 0 Å². The summed E-state index contributed by atoms with van der Waals surface area (Å²) in [7, 11) is 0. The highest BCUT2D eigenvalue weighted by Gasteiger charge is 2.15. The zero-order valence-corrected chi connectivity index (χ0v) is 9.15. The van der Waals surface area contributed by atoms with E-state index in [1.807, 2.05) is 0 Å². The number of nitrogens with one attached hydrogen (secondary N) is 1. The molecule has 0 aromatic heterocycles. The van der Waals surface area contributed by atoms with Crippen LogP contribution in [0.3, 0.4) is 0 Å². The van der Waals surface area contributed by atoms with E-state index < -0.39 is 0 Å². The number of Topliss-reactive ketones (excluding diaryl/α,β-unsaturated/α-hetero) is 1. The van der Waals surface area contributed by atoms with Crippen LogP contribution >= 0.6 is 0 Å². The van der Waals surface area contributed by atoms with Gasteiger partial charge in [0, 0.05) is 5.70 Å². The summed E-state index contributed by atoms with van der Waals surface area (Å²) in [5.74, 6) is 0.186. The largest absolute Gasteiger partial charge is 0.381 e. The van der Waals surface area contributed by atoms with Crippen molar-refractivity contribution in [3.05, 3.63) is 23.4 Å². The third-order valence-corrected chi connectivity index (χ3v) is 2.62. The highest BCUT2D eigenvalue weighted by Crippen LogP contribution is 2.30. The van der Waals surface area contributed by atoms with Crippen LogP contribution in [0.15, 0.2) is 23.4 Å². The molecule has 0 radical (unpaired) electrons. The van der Waals surface area contributed by atoms with Gasteiger partial charge in [-0.25, -0.2) is 0 Å². The molecule has 0 atom stereocenters. The number of hydrogen-bond donors (Lipinski definition) is 1. The van der Waals surface area contributed by atoms with Gasteiger partial charge in [-0.2, -0.15) is 0 Å². The van der Waals surface area contributed by atoms with Crippen LogP contribution in [0.2, 0.25) is 0 Å². The lowest BCUT2D eigenvalue weighted by Gasteiger charge is -2.10. The Bertz CT molecular complexity index is 276. The lowest BCUT2D eigenvalue weighted by atomic mass is 10.0. The van der Waals surface area contributed by atoms with Gasteiger partial charge in [0.25, 0.3) is 0 Å². The van der Waals surface area contributed by atoms with Crippen molar-refractivity contribution in [3.8, 4) is 0 Å². The summed E-state index contributed by atoms with van der Waals surface area (Å²) in [5.41, 5.74) is 3.81. The van der Waals surface area contributed by atoms with E-state index in [4.69, 9.17) is 0 Å². The second-order valence-electron chi connectivity index (χ2n) is 3.82. The van der Waals surface area contributed by atoms with Crippen molar-refractivity contribution in [2.75, 3.05) is 6.54 Å². The predicted octanol–water partition coefficient (Wildman–Crippen LogP) is 2.57. The van der Waals surface area contributed by atoms with E-state index in [-0.39, 0.29) is 5.78 Å². The fraction of sp³-hybridized carbons (Fsp3) is 0.583. The first-order valence-corrected chi connectivity index (χ1v) is 5.28. The van der Waals surface area contributed by atoms with E-state index in [1.165, 1.54) is 23.3 Å². The van der Waals surface area contributed by atoms with Crippen molar-refractivity contribution in [2.45, 2.75) is 39.5 Å². The summed E-state index contributed by atoms with van der Waals surface area (Å²) in [5, 5.41) is 3.22. The SMILES string of the molecule is C=C(CC)C1=C(NCC(C)=O)CCC1. The summed E-state index contributed by atoms with van der Waals surface area (Å²) in [4.78, 5) is 10.8. The summed E-state index contributed by atoms with van der Waals surface area (Å²) < 4.78 is 0. The molecule has 14 heavy (non-hydrogen) atoms. The Morgan fingerprint density at radius 2 is 2.21 bits per heavy atom. The Morgan fingerprint density at radius 1 is 1.50 bits per heavy atom. The summed E-state index contributed by atoms with van der Waals surface area (Å²) in [6, 6.07) is 0. The summed E-state index contributed by atoms with van der Waals surface area (Å²) in [6.45, 7) is 8.23. The molecule has 0 aliphatic heterocycles. The van der Waals surface area contributed by atoms with Gasteiger partial charge in [-0.05, 0) is 38.2 Å². The molecule has 0 bridgehead atoms. The van der Waals surface area contributed by atoms with Crippen LogP contribution in [0.4, 0.5) is 0 Å². The van der Waals surface area contributed by atoms with Crippen molar-refractivity contribution >= 4 is 5.78 Å². The number of allylic oxidation sites excluding steroid dienone is 3. The molecule has 78 valence electrons. The molecule has 1 rings (SSSR count). The fourth-order valence-electron chi connectivity index (χ4n) is 1.77. The molecule has 0 saturated carbocycles. The van der Waals surface area contributed by atoms with Crippen LogP contribution in [-0.4, -0.2) is 12.3 Å². The maximum Gasteiger partial charge on any atom is 0.148 e. The normalized spacial score (nSPS) is 15.9. The molecular weight excluding hydrogens is 174 g/mol. The lowest BCUT2D eigenvalue weighted by Crippen LogP contribution is -2.20. The molecule has 0 fully saturated rings. The van der Waals surface area contributed by atoms with Crippen molar-refractivity contribution < 1.29 is 4.79 Å². The lowest BCUT2D eigenvalue weighted by molar-refractivity contribution is -0.116. The smallest absolute Gasteiger partial charge is 0.148 e. The molecule has 1 N–H and O–H groups in total.